The number of aromatic nitrogens is 1. The first kappa shape index (κ1) is 32.5. The van der Waals surface area contributed by atoms with Crippen LogP contribution in [0.15, 0.2) is 81.7 Å². The molecule has 3 aromatic carbocycles. The molecule has 0 unspecified atom stereocenters. The first-order valence-corrected chi connectivity index (χ1v) is 15.9. The van der Waals surface area contributed by atoms with E-state index in [1.807, 2.05) is 0 Å². The summed E-state index contributed by atoms with van der Waals surface area (Å²) in [6.07, 6.45) is 1.63. The van der Waals surface area contributed by atoms with Crippen molar-refractivity contribution in [1.29, 1.82) is 0 Å². The smallest absolute Gasteiger partial charge is 0.338 e. The Balaban J connectivity index is 1.57. The molecule has 1 aromatic heterocycles. The van der Waals surface area contributed by atoms with Gasteiger partial charge in [0.05, 0.1) is 39.6 Å². The molecule has 2 heterocycles. The van der Waals surface area contributed by atoms with Crippen LogP contribution in [0.5, 0.6) is 5.75 Å². The van der Waals surface area contributed by atoms with Gasteiger partial charge in [0.15, 0.2) is 4.80 Å². The molecule has 0 bridgehead atoms. The first-order chi connectivity index (χ1) is 21.6. The van der Waals surface area contributed by atoms with E-state index in [-0.39, 0.29) is 30.4 Å². The minimum atomic E-state index is -0.854. The molecule has 0 radical (unpaired) electrons. The van der Waals surface area contributed by atoms with Gasteiger partial charge in [-0.1, -0.05) is 76.5 Å². The Kier molecular flexibility index (Phi) is 10.1. The predicted octanol–water partition coefficient (Wildman–Crippen LogP) is 6.51. The third-order valence-corrected chi connectivity index (χ3v) is 8.71. The van der Waals surface area contributed by atoms with Crippen LogP contribution in [-0.4, -0.2) is 29.7 Å². The zero-order valence-electron chi connectivity index (χ0n) is 24.4. The number of thiazole rings is 1. The van der Waals surface area contributed by atoms with Crippen molar-refractivity contribution in [1.82, 2.24) is 4.57 Å². The van der Waals surface area contributed by atoms with Crippen molar-refractivity contribution in [2.24, 2.45) is 4.99 Å². The summed E-state index contributed by atoms with van der Waals surface area (Å²) in [6.45, 7) is 5.72. The molecule has 0 aliphatic carbocycles. The van der Waals surface area contributed by atoms with Gasteiger partial charge in [0.25, 0.3) is 5.56 Å². The van der Waals surface area contributed by atoms with E-state index in [2.05, 4.69) is 4.99 Å². The number of hydrogen-bond acceptors (Lipinski definition) is 8. The molecular formula is C33H27Cl3N2O6S. The zero-order chi connectivity index (χ0) is 32.2. The number of benzene rings is 3. The first-order valence-electron chi connectivity index (χ1n) is 13.9. The lowest BCUT2D eigenvalue weighted by atomic mass is 9.96. The molecule has 4 aromatic rings. The Bertz CT molecular complexity index is 2000. The van der Waals surface area contributed by atoms with Crippen molar-refractivity contribution in [3.8, 4) is 5.75 Å². The van der Waals surface area contributed by atoms with Crippen LogP contribution in [0.2, 0.25) is 15.1 Å². The summed E-state index contributed by atoms with van der Waals surface area (Å²) in [6, 6.07) is 16.2. The van der Waals surface area contributed by atoms with Gasteiger partial charge in [-0.2, -0.15) is 0 Å². The summed E-state index contributed by atoms with van der Waals surface area (Å²) in [7, 11) is 0. The number of allylic oxidation sites excluding steroid dienone is 1. The van der Waals surface area contributed by atoms with E-state index in [9.17, 15) is 14.4 Å². The van der Waals surface area contributed by atoms with E-state index in [1.165, 1.54) is 4.57 Å². The maximum Gasteiger partial charge on any atom is 0.338 e. The molecule has 1 aliphatic heterocycles. The molecule has 5 rings (SSSR count). The normalized spacial score (nSPS) is 14.5. The number of carbonyl (C=O) groups is 2. The third-order valence-electron chi connectivity index (χ3n) is 6.89. The highest BCUT2D eigenvalue weighted by Crippen LogP contribution is 2.35. The minimum absolute atomic E-state index is 0.126. The summed E-state index contributed by atoms with van der Waals surface area (Å²) in [5.74, 6) is -0.672. The molecule has 0 saturated heterocycles. The second-order valence-electron chi connectivity index (χ2n) is 9.84. The van der Waals surface area contributed by atoms with Crippen molar-refractivity contribution in [3.63, 3.8) is 0 Å². The summed E-state index contributed by atoms with van der Waals surface area (Å²) < 4.78 is 18.3. The highest BCUT2D eigenvalue weighted by molar-refractivity contribution is 7.07. The average molecular weight is 686 g/mol. The lowest BCUT2D eigenvalue weighted by Gasteiger charge is -2.25. The topological polar surface area (TPSA) is 96.2 Å². The van der Waals surface area contributed by atoms with Crippen LogP contribution in [-0.2, 0) is 20.9 Å². The van der Waals surface area contributed by atoms with Gasteiger partial charge in [-0.3, -0.25) is 9.36 Å². The number of halogens is 3. The molecule has 0 spiro atoms. The number of fused-ring (bicyclic) bond motifs is 1. The maximum atomic E-state index is 14.1. The Morgan fingerprint density at radius 1 is 0.956 bits per heavy atom. The standard InChI is InChI=1S/C33H27Cl3N2O6S/c1-4-42-31(40)20-12-10-19(11-13-20)17-44-29-21(14-22(34)16-25(29)36)15-26-30(39)38-28(23-8-6-7-9-24(23)35)27(32(41)43-5-2)18(3)37-33(38)45-26/h6-16,28H,4-5,17H2,1-3H3/b26-15-/t28-/m0/s1. The Morgan fingerprint density at radius 3 is 2.33 bits per heavy atom. The van der Waals surface area contributed by atoms with Crippen LogP contribution in [0.25, 0.3) is 6.08 Å². The van der Waals surface area contributed by atoms with Gasteiger partial charge in [-0.25, -0.2) is 14.6 Å². The van der Waals surface area contributed by atoms with E-state index in [4.69, 9.17) is 49.0 Å². The van der Waals surface area contributed by atoms with Crippen molar-refractivity contribution >= 4 is 64.2 Å². The fourth-order valence-corrected chi connectivity index (χ4v) is 6.71. The number of ether oxygens (including phenoxy) is 3. The number of rotatable bonds is 9. The molecule has 12 heteroatoms. The van der Waals surface area contributed by atoms with Crippen LogP contribution in [0, 0.1) is 0 Å². The summed E-state index contributed by atoms with van der Waals surface area (Å²) in [5, 5.41) is 0.986. The van der Waals surface area contributed by atoms with Crippen molar-refractivity contribution < 1.29 is 23.8 Å². The lowest BCUT2D eigenvalue weighted by Crippen LogP contribution is -2.40. The van der Waals surface area contributed by atoms with Gasteiger partial charge in [-0.05, 0) is 68.3 Å². The quantitative estimate of drug-likeness (QED) is 0.186. The second-order valence-corrected chi connectivity index (χ2v) is 12.1. The molecule has 0 saturated carbocycles. The summed E-state index contributed by atoms with van der Waals surface area (Å²) >= 11 is 20.7. The highest BCUT2D eigenvalue weighted by atomic mass is 35.5. The van der Waals surface area contributed by atoms with E-state index >= 15 is 0 Å². The van der Waals surface area contributed by atoms with Crippen LogP contribution in [0.4, 0.5) is 0 Å². The van der Waals surface area contributed by atoms with Crippen molar-refractivity contribution in [2.45, 2.75) is 33.4 Å². The molecule has 1 aliphatic rings. The fourth-order valence-electron chi connectivity index (χ4n) is 4.87. The van der Waals surface area contributed by atoms with Gasteiger partial charge in [0.2, 0.25) is 0 Å². The van der Waals surface area contributed by atoms with E-state index in [0.29, 0.717) is 47.5 Å². The summed E-state index contributed by atoms with van der Waals surface area (Å²) in [5.41, 5.74) is 2.50. The van der Waals surface area contributed by atoms with E-state index in [1.54, 1.807) is 87.5 Å². The van der Waals surface area contributed by atoms with E-state index in [0.717, 1.165) is 16.9 Å². The van der Waals surface area contributed by atoms with Crippen LogP contribution < -0.4 is 19.6 Å². The number of hydrogen-bond donors (Lipinski definition) is 0. The Labute approximate surface area is 277 Å². The van der Waals surface area contributed by atoms with Crippen LogP contribution in [0.1, 0.15) is 53.9 Å². The highest BCUT2D eigenvalue weighted by Gasteiger charge is 2.34. The molecule has 232 valence electrons. The van der Waals surface area contributed by atoms with Crippen molar-refractivity contribution in [3.05, 3.63) is 129 Å². The molecule has 8 nitrogen and oxygen atoms in total. The largest absolute Gasteiger partial charge is 0.487 e. The number of carbonyl (C=O) groups excluding carboxylic acids is 2. The van der Waals surface area contributed by atoms with Gasteiger partial charge in [0.1, 0.15) is 18.4 Å². The lowest BCUT2D eigenvalue weighted by molar-refractivity contribution is -0.139. The third kappa shape index (κ3) is 6.87. The predicted molar refractivity (Wildman–Crippen MR) is 175 cm³/mol. The van der Waals surface area contributed by atoms with Gasteiger partial charge in [0, 0.05) is 15.6 Å². The second kappa shape index (κ2) is 14.0. The van der Waals surface area contributed by atoms with Gasteiger partial charge in [-0.15, -0.1) is 0 Å². The Hall–Kier alpha value is -3.89. The zero-order valence-corrected chi connectivity index (χ0v) is 27.5. The molecule has 0 N–H and O–H groups in total. The summed E-state index contributed by atoms with van der Waals surface area (Å²) in [4.78, 5) is 44.2. The molecule has 1 atom stereocenters. The molecule has 0 fully saturated rings. The van der Waals surface area contributed by atoms with Gasteiger partial charge < -0.3 is 14.2 Å². The molecule has 0 amide bonds. The SMILES string of the molecule is CCOC(=O)C1=C(C)N=c2s/c(=C\c3cc(Cl)cc(Cl)c3OCc3ccc(C(=O)OCC)cc3)c(=O)n2[C@H]1c1ccccc1Cl. The number of nitrogens with zero attached hydrogens (tertiary/aromatic N) is 2. The maximum absolute atomic E-state index is 14.1. The Morgan fingerprint density at radius 2 is 1.64 bits per heavy atom. The average Bonchev–Trinajstić information content (AvgIpc) is 3.30. The van der Waals surface area contributed by atoms with Gasteiger partial charge >= 0.3 is 11.9 Å². The van der Waals surface area contributed by atoms with E-state index < -0.39 is 23.5 Å². The van der Waals surface area contributed by atoms with Crippen LogP contribution >= 0.6 is 46.1 Å². The minimum Gasteiger partial charge on any atom is -0.487 e. The van der Waals surface area contributed by atoms with Crippen molar-refractivity contribution in [2.75, 3.05) is 13.2 Å². The molecular weight excluding hydrogens is 659 g/mol. The van der Waals surface area contributed by atoms with Crippen LogP contribution in [0.3, 0.4) is 0 Å². The number of esters is 2. The molecule has 45 heavy (non-hydrogen) atoms. The fraction of sp³-hybridized carbons (Fsp3) is 0.212. The monoisotopic (exact) mass is 684 g/mol.